The van der Waals surface area contributed by atoms with Crippen LogP contribution in [0.2, 0.25) is 0 Å². The van der Waals surface area contributed by atoms with E-state index in [1.54, 1.807) is 6.07 Å². The predicted octanol–water partition coefficient (Wildman–Crippen LogP) is 5.02. The second-order valence-electron chi connectivity index (χ2n) is 7.17. The fourth-order valence-electron chi connectivity index (χ4n) is 3.94. The third kappa shape index (κ3) is 4.19. The first-order chi connectivity index (χ1) is 13.7. The Labute approximate surface area is 183 Å². The number of thiophene rings is 1. The molecular formula is C21H22ClFN4S2. The Morgan fingerprint density at radius 3 is 2.66 bits per heavy atom. The average molecular weight is 449 g/mol. The highest BCUT2D eigenvalue weighted by Gasteiger charge is 2.19. The minimum atomic E-state index is -0.111. The summed E-state index contributed by atoms with van der Waals surface area (Å²) in [6, 6.07) is 14.3. The third-order valence-corrected chi connectivity index (χ3v) is 7.16. The molecule has 4 aromatic rings. The van der Waals surface area contributed by atoms with Crippen molar-refractivity contribution >= 4 is 66.2 Å². The Morgan fingerprint density at radius 2 is 1.83 bits per heavy atom. The zero-order chi connectivity index (χ0) is 19.1. The van der Waals surface area contributed by atoms with Gasteiger partial charge in [0, 0.05) is 48.5 Å². The number of fused-ring (bicyclic) bond motifs is 2. The van der Waals surface area contributed by atoms with Gasteiger partial charge < -0.3 is 10.6 Å². The zero-order valence-corrected chi connectivity index (χ0v) is 18.3. The van der Waals surface area contributed by atoms with Crippen LogP contribution in [0.15, 0.2) is 42.5 Å². The minimum Gasteiger partial charge on any atom is -0.375 e. The lowest BCUT2D eigenvalue weighted by Crippen LogP contribution is -2.47. The summed E-state index contributed by atoms with van der Waals surface area (Å²) in [7, 11) is 0. The van der Waals surface area contributed by atoms with Crippen LogP contribution in [0.5, 0.6) is 0 Å². The number of hydrogen-bond acceptors (Lipinski definition) is 6. The number of thiazole rings is 1. The summed E-state index contributed by atoms with van der Waals surface area (Å²) in [5.74, 6) is 0. The van der Waals surface area contributed by atoms with E-state index in [0.717, 1.165) is 65.1 Å². The van der Waals surface area contributed by atoms with Crippen LogP contribution in [0, 0.1) is 5.13 Å². The van der Waals surface area contributed by atoms with E-state index in [0.29, 0.717) is 5.13 Å². The lowest BCUT2D eigenvalue weighted by molar-refractivity contribution is 0.261. The smallest absolute Gasteiger partial charge is 0.181 e. The fourth-order valence-corrected chi connectivity index (χ4v) is 5.46. The van der Waals surface area contributed by atoms with Crippen molar-refractivity contribution in [3.05, 3.63) is 53.2 Å². The van der Waals surface area contributed by atoms with Gasteiger partial charge in [-0.05, 0) is 42.3 Å². The van der Waals surface area contributed by atoms with E-state index in [1.165, 1.54) is 28.2 Å². The quantitative estimate of drug-likeness (QED) is 0.476. The van der Waals surface area contributed by atoms with E-state index in [1.807, 2.05) is 12.1 Å². The van der Waals surface area contributed by atoms with Gasteiger partial charge in [0.05, 0.1) is 10.2 Å². The first kappa shape index (κ1) is 20.3. The van der Waals surface area contributed by atoms with Crippen molar-refractivity contribution in [2.24, 2.45) is 0 Å². The summed E-state index contributed by atoms with van der Waals surface area (Å²) >= 11 is 2.76. The third-order valence-electron chi connectivity index (χ3n) is 5.41. The molecule has 0 atom stereocenters. The molecular weight excluding hydrogens is 427 g/mol. The number of benzene rings is 2. The van der Waals surface area contributed by atoms with E-state index < -0.39 is 0 Å². The van der Waals surface area contributed by atoms with E-state index in [4.69, 9.17) is 5.73 Å². The minimum absolute atomic E-state index is 0. The molecule has 1 fully saturated rings. The van der Waals surface area contributed by atoms with Gasteiger partial charge in [0.1, 0.15) is 0 Å². The number of halogens is 2. The van der Waals surface area contributed by atoms with Crippen LogP contribution in [0.25, 0.3) is 20.3 Å². The summed E-state index contributed by atoms with van der Waals surface area (Å²) < 4.78 is 15.8. The number of hydrogen-bond donors (Lipinski definition) is 1. The Hall–Kier alpha value is -1.93. The van der Waals surface area contributed by atoms with Gasteiger partial charge in [-0.1, -0.05) is 23.5 Å². The van der Waals surface area contributed by atoms with Crippen molar-refractivity contribution in [1.82, 2.24) is 9.88 Å². The second kappa shape index (κ2) is 8.44. The topological polar surface area (TPSA) is 45.4 Å². The summed E-state index contributed by atoms with van der Waals surface area (Å²) in [6.45, 7) is 5.02. The molecule has 0 spiro atoms. The van der Waals surface area contributed by atoms with Crippen molar-refractivity contribution < 1.29 is 4.39 Å². The van der Waals surface area contributed by atoms with Crippen LogP contribution in [0.1, 0.15) is 5.56 Å². The summed E-state index contributed by atoms with van der Waals surface area (Å²) in [6.07, 6.45) is 1.01. The maximum Gasteiger partial charge on any atom is 0.181 e. The standard InChI is InChI=1S/C21H21FN4S2.ClH/c22-20-13-15-17(2-1-3-18(15)27-20)26-10-8-25(9-11-26)7-6-14-4-5-19-16(12-14)24-21(23)28-19;/h1-5,12-13H,6-11H2,(H2,23,24);1H. The molecule has 0 bridgehead atoms. The van der Waals surface area contributed by atoms with Crippen molar-refractivity contribution in [2.75, 3.05) is 43.4 Å². The van der Waals surface area contributed by atoms with Gasteiger partial charge in [0.25, 0.3) is 0 Å². The Bertz CT molecular complexity index is 1130. The molecule has 1 saturated heterocycles. The summed E-state index contributed by atoms with van der Waals surface area (Å²) in [5.41, 5.74) is 9.26. The lowest BCUT2D eigenvalue weighted by Gasteiger charge is -2.36. The van der Waals surface area contributed by atoms with Gasteiger partial charge in [-0.3, -0.25) is 4.90 Å². The summed E-state index contributed by atoms with van der Waals surface area (Å²) in [4.78, 5) is 9.28. The Balaban J connectivity index is 0.00000205. The molecule has 2 aromatic carbocycles. The predicted molar refractivity (Wildman–Crippen MR) is 125 cm³/mol. The first-order valence-corrected chi connectivity index (χ1v) is 11.1. The van der Waals surface area contributed by atoms with E-state index in [9.17, 15) is 4.39 Å². The van der Waals surface area contributed by atoms with Crippen LogP contribution in [0.4, 0.5) is 15.2 Å². The van der Waals surface area contributed by atoms with Gasteiger partial charge in [-0.2, -0.15) is 4.39 Å². The molecule has 0 radical (unpaired) electrons. The number of nitrogen functional groups attached to an aromatic ring is 1. The van der Waals surface area contributed by atoms with Crippen molar-refractivity contribution in [2.45, 2.75) is 6.42 Å². The molecule has 1 aliphatic rings. The normalized spacial score (nSPS) is 15.1. The largest absolute Gasteiger partial charge is 0.375 e. The molecule has 2 aromatic heterocycles. The van der Waals surface area contributed by atoms with Crippen LogP contribution in [-0.2, 0) is 6.42 Å². The van der Waals surface area contributed by atoms with Gasteiger partial charge in [-0.25, -0.2) is 4.98 Å². The average Bonchev–Trinajstić information content (AvgIpc) is 3.26. The molecule has 5 rings (SSSR count). The highest BCUT2D eigenvalue weighted by molar-refractivity contribution is 7.22. The highest BCUT2D eigenvalue weighted by Crippen LogP contribution is 2.33. The molecule has 4 nitrogen and oxygen atoms in total. The SMILES string of the molecule is Cl.Nc1nc2cc(CCN3CCN(c4cccc5sc(F)cc45)CC3)ccc2s1. The zero-order valence-electron chi connectivity index (χ0n) is 15.8. The number of nitrogens with zero attached hydrogens (tertiary/aromatic N) is 3. The van der Waals surface area contributed by atoms with Crippen molar-refractivity contribution in [1.29, 1.82) is 0 Å². The van der Waals surface area contributed by atoms with Crippen LogP contribution in [0.3, 0.4) is 0 Å². The molecule has 0 saturated carbocycles. The monoisotopic (exact) mass is 448 g/mol. The van der Waals surface area contributed by atoms with Gasteiger partial charge in [0.2, 0.25) is 0 Å². The highest BCUT2D eigenvalue weighted by atomic mass is 35.5. The molecule has 1 aliphatic heterocycles. The van der Waals surface area contributed by atoms with E-state index in [2.05, 4.69) is 39.0 Å². The van der Waals surface area contributed by atoms with Crippen molar-refractivity contribution in [3.8, 4) is 0 Å². The maximum atomic E-state index is 13.7. The maximum absolute atomic E-state index is 13.7. The Morgan fingerprint density at radius 1 is 1.00 bits per heavy atom. The van der Waals surface area contributed by atoms with Crippen molar-refractivity contribution in [3.63, 3.8) is 0 Å². The fraction of sp³-hybridized carbons (Fsp3) is 0.286. The van der Waals surface area contributed by atoms with Crippen LogP contribution < -0.4 is 10.6 Å². The summed E-state index contributed by atoms with van der Waals surface area (Å²) in [5, 5.41) is 1.55. The molecule has 2 N–H and O–H groups in total. The molecule has 0 unspecified atom stereocenters. The Kier molecular flexibility index (Phi) is 5.92. The van der Waals surface area contributed by atoms with Crippen LogP contribution in [-0.4, -0.2) is 42.6 Å². The molecule has 29 heavy (non-hydrogen) atoms. The number of anilines is 2. The lowest BCUT2D eigenvalue weighted by atomic mass is 10.1. The van der Waals surface area contributed by atoms with Crippen LogP contribution >= 0.6 is 35.1 Å². The number of rotatable bonds is 4. The molecule has 152 valence electrons. The number of piperazine rings is 1. The second-order valence-corrected chi connectivity index (χ2v) is 9.27. The number of nitrogens with two attached hydrogens (primary N) is 1. The van der Waals surface area contributed by atoms with Gasteiger partial charge in [-0.15, -0.1) is 23.7 Å². The molecule has 8 heteroatoms. The van der Waals surface area contributed by atoms with Gasteiger partial charge in [0.15, 0.2) is 10.3 Å². The van der Waals surface area contributed by atoms with E-state index >= 15 is 0 Å². The first-order valence-electron chi connectivity index (χ1n) is 9.46. The molecule has 3 heterocycles. The van der Waals surface area contributed by atoms with Gasteiger partial charge >= 0.3 is 0 Å². The molecule has 0 aliphatic carbocycles. The molecule has 0 amide bonds. The van der Waals surface area contributed by atoms with E-state index in [-0.39, 0.29) is 17.5 Å². The number of aromatic nitrogens is 1.